The van der Waals surface area contributed by atoms with Crippen molar-refractivity contribution in [3.05, 3.63) is 83.9 Å². The molecule has 0 unspecified atom stereocenters. The molecule has 2 amide bonds. The van der Waals surface area contributed by atoms with E-state index >= 15 is 0 Å². The van der Waals surface area contributed by atoms with Crippen LogP contribution in [0.15, 0.2) is 67.1 Å². The number of carbonyl (C=O) groups excluding carboxylic acids is 2. The summed E-state index contributed by atoms with van der Waals surface area (Å²) < 4.78 is 7.56. The van der Waals surface area contributed by atoms with Gasteiger partial charge in [-0.1, -0.05) is 24.3 Å². The highest BCUT2D eigenvalue weighted by Crippen LogP contribution is 2.38. The second-order valence-corrected chi connectivity index (χ2v) is 8.98. The molecule has 0 bridgehead atoms. The molecule has 0 radical (unpaired) electrons. The maximum Gasteiger partial charge on any atom is 0.254 e. The second kappa shape index (κ2) is 10.2. The van der Waals surface area contributed by atoms with E-state index < -0.39 is 0 Å². The summed E-state index contributed by atoms with van der Waals surface area (Å²) in [6, 6.07) is 17.2. The topological polar surface area (TPSA) is 89.4 Å². The number of nitrogens with one attached hydrogen (secondary N) is 1. The Labute approximate surface area is 209 Å². The number of methoxy groups -OCH3 is 1. The third-order valence-corrected chi connectivity index (χ3v) is 6.62. The molecule has 184 valence electrons. The Bertz CT molecular complexity index is 1400. The van der Waals surface area contributed by atoms with Crippen LogP contribution < -0.4 is 10.1 Å². The molecule has 0 saturated carbocycles. The van der Waals surface area contributed by atoms with E-state index in [1.54, 1.807) is 25.7 Å². The van der Waals surface area contributed by atoms with Crippen LogP contribution in [0.2, 0.25) is 0 Å². The Morgan fingerprint density at radius 3 is 2.72 bits per heavy atom. The van der Waals surface area contributed by atoms with Gasteiger partial charge in [0.05, 0.1) is 36.2 Å². The number of nitrogens with zero attached hydrogens (tertiary/aromatic N) is 4. The van der Waals surface area contributed by atoms with Crippen molar-refractivity contribution in [3.63, 3.8) is 0 Å². The molecule has 5 rings (SSSR count). The standard InChI is InChI=1S/C28H29N5O3/c1-19(34)31-24-17-20(16-23-27(24)32(18-30-23)15-12-21-8-5-6-13-29-21)28(35)33-14-7-10-25(33)22-9-3-4-11-26(22)36-2/h3-6,8-9,11,13,16-18,25H,7,10,12,14-15H2,1-2H3,(H,31,34)/t25-/m0/s1. The van der Waals surface area contributed by atoms with Crippen molar-refractivity contribution < 1.29 is 14.3 Å². The zero-order valence-electron chi connectivity index (χ0n) is 20.5. The molecule has 36 heavy (non-hydrogen) atoms. The van der Waals surface area contributed by atoms with Gasteiger partial charge in [-0.25, -0.2) is 4.98 Å². The fourth-order valence-electron chi connectivity index (χ4n) is 5.01. The van der Waals surface area contributed by atoms with Crippen LogP contribution in [0.3, 0.4) is 0 Å². The van der Waals surface area contributed by atoms with Crippen LogP contribution in [0, 0.1) is 0 Å². The molecule has 0 aliphatic carbocycles. The summed E-state index contributed by atoms with van der Waals surface area (Å²) in [4.78, 5) is 36.7. The smallest absolute Gasteiger partial charge is 0.254 e. The fourth-order valence-corrected chi connectivity index (χ4v) is 5.01. The van der Waals surface area contributed by atoms with E-state index in [9.17, 15) is 9.59 Å². The average molecular weight is 484 g/mol. The van der Waals surface area contributed by atoms with Crippen molar-refractivity contribution in [2.75, 3.05) is 19.0 Å². The molecular weight excluding hydrogens is 454 g/mol. The van der Waals surface area contributed by atoms with Gasteiger partial charge in [-0.3, -0.25) is 14.6 Å². The molecule has 1 saturated heterocycles. The van der Waals surface area contributed by atoms with E-state index in [2.05, 4.69) is 15.3 Å². The van der Waals surface area contributed by atoms with Crippen molar-refractivity contribution in [1.82, 2.24) is 19.4 Å². The van der Waals surface area contributed by atoms with Crippen LogP contribution in [-0.2, 0) is 17.8 Å². The number of aryl methyl sites for hydroxylation is 2. The Balaban J connectivity index is 1.48. The summed E-state index contributed by atoms with van der Waals surface area (Å²) in [6.07, 6.45) is 6.03. The quantitative estimate of drug-likeness (QED) is 0.414. The summed E-state index contributed by atoms with van der Waals surface area (Å²) in [7, 11) is 1.65. The monoisotopic (exact) mass is 483 g/mol. The first-order valence-corrected chi connectivity index (χ1v) is 12.2. The largest absolute Gasteiger partial charge is 0.496 e. The number of hydrogen-bond donors (Lipinski definition) is 1. The van der Waals surface area contributed by atoms with Gasteiger partial charge in [0.15, 0.2) is 0 Å². The number of para-hydroxylation sites is 1. The van der Waals surface area contributed by atoms with Gasteiger partial charge in [0.25, 0.3) is 5.91 Å². The molecular formula is C28H29N5O3. The second-order valence-electron chi connectivity index (χ2n) is 8.98. The van der Waals surface area contributed by atoms with Crippen LogP contribution in [0.25, 0.3) is 11.0 Å². The number of ether oxygens (including phenoxy) is 1. The number of fused-ring (bicyclic) bond motifs is 1. The predicted molar refractivity (Wildman–Crippen MR) is 138 cm³/mol. The number of pyridine rings is 1. The van der Waals surface area contributed by atoms with Crippen molar-refractivity contribution in [1.29, 1.82) is 0 Å². The van der Waals surface area contributed by atoms with Gasteiger partial charge in [-0.05, 0) is 43.2 Å². The molecule has 2 aromatic carbocycles. The number of imidazole rings is 1. The number of hydrogen-bond acceptors (Lipinski definition) is 5. The van der Waals surface area contributed by atoms with E-state index in [1.165, 1.54) is 6.92 Å². The van der Waals surface area contributed by atoms with Crippen molar-refractivity contribution >= 4 is 28.5 Å². The molecule has 0 spiro atoms. The van der Waals surface area contributed by atoms with E-state index in [-0.39, 0.29) is 17.9 Å². The maximum atomic E-state index is 13.8. The molecule has 1 atom stereocenters. The highest BCUT2D eigenvalue weighted by molar-refractivity contribution is 6.05. The van der Waals surface area contributed by atoms with Crippen molar-refractivity contribution in [3.8, 4) is 5.75 Å². The Hall–Kier alpha value is -4.20. The first kappa shape index (κ1) is 23.5. The summed E-state index contributed by atoms with van der Waals surface area (Å²) >= 11 is 0. The van der Waals surface area contributed by atoms with Crippen LogP contribution in [0.1, 0.15) is 47.4 Å². The minimum atomic E-state index is -0.202. The number of anilines is 1. The van der Waals surface area contributed by atoms with E-state index in [0.29, 0.717) is 29.9 Å². The number of carbonyl (C=O) groups is 2. The summed E-state index contributed by atoms with van der Waals surface area (Å²) in [6.45, 7) is 2.77. The lowest BCUT2D eigenvalue weighted by molar-refractivity contribution is -0.114. The number of rotatable bonds is 7. The molecule has 2 aromatic heterocycles. The Morgan fingerprint density at radius 2 is 1.94 bits per heavy atom. The van der Waals surface area contributed by atoms with Crippen LogP contribution in [0.4, 0.5) is 5.69 Å². The van der Waals surface area contributed by atoms with E-state index in [0.717, 1.165) is 41.8 Å². The Morgan fingerprint density at radius 1 is 1.11 bits per heavy atom. The van der Waals surface area contributed by atoms with Gasteiger partial charge in [0.1, 0.15) is 5.75 Å². The predicted octanol–water partition coefficient (Wildman–Crippen LogP) is 4.62. The van der Waals surface area contributed by atoms with Gasteiger partial charge in [0.2, 0.25) is 5.91 Å². The number of aromatic nitrogens is 3. The summed E-state index contributed by atoms with van der Waals surface area (Å²) in [5.41, 5.74) is 4.52. The third kappa shape index (κ3) is 4.66. The number of benzene rings is 2. The third-order valence-electron chi connectivity index (χ3n) is 6.62. The molecule has 1 aliphatic rings. The van der Waals surface area contributed by atoms with Crippen molar-refractivity contribution in [2.45, 2.75) is 38.8 Å². The Kier molecular flexibility index (Phi) is 6.66. The lowest BCUT2D eigenvalue weighted by Crippen LogP contribution is -2.31. The molecule has 8 nitrogen and oxygen atoms in total. The zero-order chi connectivity index (χ0) is 25.1. The van der Waals surface area contributed by atoms with Crippen molar-refractivity contribution in [2.24, 2.45) is 0 Å². The highest BCUT2D eigenvalue weighted by Gasteiger charge is 2.33. The van der Waals surface area contributed by atoms with Gasteiger partial charge < -0.3 is 19.5 Å². The highest BCUT2D eigenvalue weighted by atomic mass is 16.5. The van der Waals surface area contributed by atoms with Crippen LogP contribution >= 0.6 is 0 Å². The van der Waals surface area contributed by atoms with Crippen LogP contribution in [0.5, 0.6) is 5.75 Å². The zero-order valence-corrected chi connectivity index (χ0v) is 20.5. The molecule has 1 aliphatic heterocycles. The fraction of sp³-hybridized carbons (Fsp3) is 0.286. The number of amides is 2. The first-order chi connectivity index (χ1) is 17.5. The average Bonchev–Trinajstić information content (AvgIpc) is 3.55. The van der Waals surface area contributed by atoms with E-state index in [1.807, 2.05) is 58.0 Å². The van der Waals surface area contributed by atoms with Gasteiger partial charge in [-0.2, -0.15) is 0 Å². The minimum absolute atomic E-state index is 0.0653. The molecule has 4 aromatic rings. The van der Waals surface area contributed by atoms with E-state index in [4.69, 9.17) is 4.74 Å². The van der Waals surface area contributed by atoms with Crippen LogP contribution in [-0.4, -0.2) is 44.9 Å². The summed E-state index contributed by atoms with van der Waals surface area (Å²) in [5, 5.41) is 2.91. The molecule has 1 N–H and O–H groups in total. The number of likely N-dealkylation sites (tertiary alicyclic amines) is 1. The van der Waals surface area contributed by atoms with Gasteiger partial charge in [-0.15, -0.1) is 0 Å². The molecule has 1 fully saturated rings. The minimum Gasteiger partial charge on any atom is -0.496 e. The molecule has 8 heteroatoms. The van der Waals surface area contributed by atoms with Gasteiger partial charge >= 0.3 is 0 Å². The maximum absolute atomic E-state index is 13.8. The first-order valence-electron chi connectivity index (χ1n) is 12.2. The lowest BCUT2D eigenvalue weighted by atomic mass is 10.0. The summed E-state index contributed by atoms with van der Waals surface area (Å²) in [5.74, 6) is 0.495. The lowest BCUT2D eigenvalue weighted by Gasteiger charge is -2.26. The molecule has 3 heterocycles. The van der Waals surface area contributed by atoms with Gasteiger partial charge in [0, 0.05) is 49.5 Å². The SMILES string of the molecule is COc1ccccc1[C@@H]1CCCN1C(=O)c1cc(NC(C)=O)c2c(c1)ncn2CCc1ccccn1. The normalized spacial score (nSPS) is 15.3.